The lowest BCUT2D eigenvalue weighted by Gasteiger charge is -2.24. The van der Waals surface area contributed by atoms with Gasteiger partial charge in [-0.2, -0.15) is 0 Å². The minimum Gasteiger partial charge on any atom is -0.367 e. The number of hydrogen-bond acceptors (Lipinski definition) is 3. The molecule has 1 aliphatic carbocycles. The van der Waals surface area contributed by atoms with Gasteiger partial charge in [0.15, 0.2) is 0 Å². The van der Waals surface area contributed by atoms with E-state index >= 15 is 0 Å². The molecule has 1 amide bonds. The summed E-state index contributed by atoms with van der Waals surface area (Å²) in [6.07, 6.45) is 2.26. The molecule has 2 unspecified atom stereocenters. The van der Waals surface area contributed by atoms with Crippen LogP contribution in [0.15, 0.2) is 42.5 Å². The largest absolute Gasteiger partial charge is 0.367 e. The van der Waals surface area contributed by atoms with Crippen molar-refractivity contribution < 1.29 is 18.3 Å². The number of ether oxygens (including phenoxy) is 1. The van der Waals surface area contributed by atoms with Crippen LogP contribution in [-0.4, -0.2) is 31.2 Å². The number of anilines is 1. The molecule has 2 aromatic carbocycles. The highest BCUT2D eigenvalue weighted by molar-refractivity contribution is 5.82. The minimum atomic E-state index is -0.576. The Labute approximate surface area is 162 Å². The van der Waals surface area contributed by atoms with Gasteiger partial charge in [0, 0.05) is 41.9 Å². The number of halogens is 2. The number of rotatable bonds is 4. The number of carbonyl (C=O) groups is 1. The van der Waals surface area contributed by atoms with Crippen LogP contribution in [0.25, 0.3) is 0 Å². The van der Waals surface area contributed by atoms with Crippen molar-refractivity contribution in [3.63, 3.8) is 0 Å². The van der Waals surface area contributed by atoms with Crippen molar-refractivity contribution in [1.29, 1.82) is 0 Å². The van der Waals surface area contributed by atoms with Gasteiger partial charge in [0.2, 0.25) is 5.91 Å². The van der Waals surface area contributed by atoms with E-state index in [4.69, 9.17) is 4.74 Å². The van der Waals surface area contributed by atoms with Gasteiger partial charge in [-0.1, -0.05) is 24.3 Å². The predicted octanol–water partition coefficient (Wildman–Crippen LogP) is 3.29. The lowest BCUT2D eigenvalue weighted by Crippen LogP contribution is -2.38. The molecule has 2 aliphatic heterocycles. The summed E-state index contributed by atoms with van der Waals surface area (Å²) in [4.78, 5) is 14.6. The molecule has 28 heavy (non-hydrogen) atoms. The average Bonchev–Trinajstić information content (AvgIpc) is 3.31. The lowest BCUT2D eigenvalue weighted by atomic mass is 9.80. The van der Waals surface area contributed by atoms with Crippen LogP contribution in [0.2, 0.25) is 0 Å². The molecule has 2 aromatic rings. The fourth-order valence-electron chi connectivity index (χ4n) is 4.45. The molecule has 5 rings (SSSR count). The van der Waals surface area contributed by atoms with Crippen LogP contribution in [0.5, 0.6) is 0 Å². The molecule has 1 saturated heterocycles. The second kappa shape index (κ2) is 6.55. The second-order valence-electron chi connectivity index (χ2n) is 8.18. The fourth-order valence-corrected chi connectivity index (χ4v) is 4.45. The van der Waals surface area contributed by atoms with Crippen LogP contribution in [0.1, 0.15) is 30.4 Å². The summed E-state index contributed by atoms with van der Waals surface area (Å²) >= 11 is 0. The first-order valence-corrected chi connectivity index (χ1v) is 9.74. The van der Waals surface area contributed by atoms with Crippen molar-refractivity contribution >= 4 is 11.6 Å². The van der Waals surface area contributed by atoms with Gasteiger partial charge in [-0.15, -0.1) is 0 Å². The SMILES string of the molecule is O=C(NC1CC1)C1CC2(CO1)CN(Cc1ccc(F)cc1F)c1ccccc12. The highest BCUT2D eigenvalue weighted by atomic mass is 19.1. The quantitative estimate of drug-likeness (QED) is 0.880. The summed E-state index contributed by atoms with van der Waals surface area (Å²) in [5.41, 5.74) is 2.34. The zero-order chi connectivity index (χ0) is 19.3. The van der Waals surface area contributed by atoms with Crippen molar-refractivity contribution in [3.05, 3.63) is 65.2 Å². The van der Waals surface area contributed by atoms with Crippen LogP contribution in [0, 0.1) is 11.6 Å². The standard InChI is InChI=1S/C22H22F2N2O2/c23-15-6-5-14(18(24)9-15)11-26-12-22(17-3-1-2-4-19(17)26)10-20(28-13-22)21(27)25-16-7-8-16/h1-6,9,16,20H,7-8,10-13H2,(H,25,27). The average molecular weight is 384 g/mol. The Kier molecular flexibility index (Phi) is 4.12. The van der Waals surface area contributed by atoms with Gasteiger partial charge >= 0.3 is 0 Å². The Bertz CT molecular complexity index is 931. The highest BCUT2D eigenvalue weighted by Crippen LogP contribution is 2.47. The van der Waals surface area contributed by atoms with Crippen molar-refractivity contribution in [2.24, 2.45) is 0 Å². The first kappa shape index (κ1) is 17.6. The van der Waals surface area contributed by atoms with Crippen LogP contribution in [0.4, 0.5) is 14.5 Å². The maximum absolute atomic E-state index is 14.2. The van der Waals surface area contributed by atoms with Gasteiger partial charge in [-0.05, 0) is 37.0 Å². The number of fused-ring (bicyclic) bond motifs is 2. The summed E-state index contributed by atoms with van der Waals surface area (Å²) in [6, 6.07) is 12.0. The number of amides is 1. The van der Waals surface area contributed by atoms with Gasteiger partial charge in [-0.25, -0.2) is 8.78 Å². The maximum Gasteiger partial charge on any atom is 0.249 e. The molecular formula is C22H22F2N2O2. The normalized spacial score (nSPS) is 25.9. The van der Waals surface area contributed by atoms with E-state index in [-0.39, 0.29) is 11.3 Å². The van der Waals surface area contributed by atoms with Gasteiger partial charge < -0.3 is 15.0 Å². The van der Waals surface area contributed by atoms with Crippen LogP contribution >= 0.6 is 0 Å². The second-order valence-corrected chi connectivity index (χ2v) is 8.18. The Morgan fingerprint density at radius 2 is 2.04 bits per heavy atom. The summed E-state index contributed by atoms with van der Waals surface area (Å²) in [5, 5.41) is 3.03. The summed E-state index contributed by atoms with van der Waals surface area (Å²) in [6.45, 7) is 1.47. The van der Waals surface area contributed by atoms with E-state index in [1.807, 2.05) is 18.2 Å². The molecule has 0 radical (unpaired) electrons. The summed E-state index contributed by atoms with van der Waals surface area (Å²) in [5.74, 6) is -1.14. The molecular weight excluding hydrogens is 362 g/mol. The number of nitrogens with one attached hydrogen (secondary N) is 1. The van der Waals surface area contributed by atoms with E-state index in [1.165, 1.54) is 12.1 Å². The fraction of sp³-hybridized carbons (Fsp3) is 0.409. The Morgan fingerprint density at radius 3 is 2.82 bits per heavy atom. The Hall–Kier alpha value is -2.47. The first-order chi connectivity index (χ1) is 13.5. The van der Waals surface area contributed by atoms with Crippen molar-refractivity contribution in [1.82, 2.24) is 5.32 Å². The van der Waals surface area contributed by atoms with E-state index in [1.54, 1.807) is 0 Å². The van der Waals surface area contributed by atoms with E-state index in [0.717, 1.165) is 30.2 Å². The molecule has 2 fully saturated rings. The molecule has 2 atom stereocenters. The van der Waals surface area contributed by atoms with Crippen molar-refractivity contribution in [3.8, 4) is 0 Å². The number of hydrogen-bond donors (Lipinski definition) is 1. The lowest BCUT2D eigenvalue weighted by molar-refractivity contribution is -0.130. The zero-order valence-corrected chi connectivity index (χ0v) is 15.5. The molecule has 0 aromatic heterocycles. The van der Waals surface area contributed by atoms with Crippen LogP contribution in [-0.2, 0) is 21.5 Å². The third kappa shape index (κ3) is 3.05. The molecule has 3 aliphatic rings. The Morgan fingerprint density at radius 1 is 1.21 bits per heavy atom. The van der Waals surface area contributed by atoms with E-state index in [9.17, 15) is 13.6 Å². The van der Waals surface area contributed by atoms with Gasteiger partial charge in [-0.3, -0.25) is 4.79 Å². The van der Waals surface area contributed by atoms with Gasteiger partial charge in [0.25, 0.3) is 0 Å². The zero-order valence-electron chi connectivity index (χ0n) is 15.5. The highest BCUT2D eigenvalue weighted by Gasteiger charge is 2.50. The van der Waals surface area contributed by atoms with E-state index in [0.29, 0.717) is 37.7 Å². The topological polar surface area (TPSA) is 41.6 Å². The molecule has 1 N–H and O–H groups in total. The van der Waals surface area contributed by atoms with Gasteiger partial charge in [0.05, 0.1) is 6.61 Å². The van der Waals surface area contributed by atoms with E-state index in [2.05, 4.69) is 16.3 Å². The number of carbonyl (C=O) groups excluding carboxylic acids is 1. The van der Waals surface area contributed by atoms with Crippen LogP contribution in [0.3, 0.4) is 0 Å². The van der Waals surface area contributed by atoms with Crippen molar-refractivity contribution in [2.75, 3.05) is 18.1 Å². The molecule has 146 valence electrons. The third-order valence-electron chi connectivity index (χ3n) is 6.04. The summed E-state index contributed by atoms with van der Waals surface area (Å²) < 4.78 is 33.4. The predicted molar refractivity (Wildman–Crippen MR) is 101 cm³/mol. The molecule has 6 heteroatoms. The van der Waals surface area contributed by atoms with Gasteiger partial charge in [0.1, 0.15) is 17.7 Å². The smallest absolute Gasteiger partial charge is 0.249 e. The third-order valence-corrected chi connectivity index (χ3v) is 6.04. The molecule has 4 nitrogen and oxygen atoms in total. The Balaban J connectivity index is 1.39. The molecule has 0 bridgehead atoms. The van der Waals surface area contributed by atoms with Crippen molar-refractivity contribution in [2.45, 2.75) is 43.4 Å². The first-order valence-electron chi connectivity index (χ1n) is 9.74. The maximum atomic E-state index is 14.2. The van der Waals surface area contributed by atoms with E-state index < -0.39 is 17.7 Å². The minimum absolute atomic E-state index is 0.0279. The monoisotopic (exact) mass is 384 g/mol. The van der Waals surface area contributed by atoms with Crippen LogP contribution < -0.4 is 10.2 Å². The molecule has 1 saturated carbocycles. The number of nitrogens with zero attached hydrogens (tertiary/aromatic N) is 1. The number of benzene rings is 2. The molecule has 2 heterocycles. The summed E-state index contributed by atoms with van der Waals surface area (Å²) in [7, 11) is 0. The number of para-hydroxylation sites is 1. The molecule has 1 spiro atoms.